The summed E-state index contributed by atoms with van der Waals surface area (Å²) in [6, 6.07) is 8.84. The Morgan fingerprint density at radius 2 is 1.91 bits per heavy atom. The fraction of sp³-hybridized carbons (Fsp3) is 0.333. The van der Waals surface area contributed by atoms with Crippen molar-refractivity contribution >= 4 is 11.7 Å². The maximum atomic E-state index is 14.0. The van der Waals surface area contributed by atoms with Gasteiger partial charge in [0.1, 0.15) is 35.6 Å². The first-order chi connectivity index (χ1) is 16.5. The van der Waals surface area contributed by atoms with Crippen LogP contribution in [0.4, 0.5) is 4.39 Å². The summed E-state index contributed by atoms with van der Waals surface area (Å²) in [6.45, 7) is 3.53. The molecule has 1 aliphatic carbocycles. The number of carbonyl (C=O) groups excluding carboxylic acids is 2. The Balaban J connectivity index is 1.66. The van der Waals surface area contributed by atoms with Crippen LogP contribution in [0, 0.1) is 11.7 Å². The summed E-state index contributed by atoms with van der Waals surface area (Å²) in [5.41, 5.74) is -1.91. The number of hydrogen-bond acceptors (Lipinski definition) is 6. The largest absolute Gasteiger partial charge is 0.508 e. The molecule has 0 saturated carbocycles. The van der Waals surface area contributed by atoms with Crippen molar-refractivity contribution in [2.45, 2.75) is 43.7 Å². The highest BCUT2D eigenvalue weighted by Crippen LogP contribution is 2.40. The smallest absolute Gasteiger partial charge is 0.253 e. The van der Waals surface area contributed by atoms with E-state index >= 15 is 0 Å². The normalized spacial score (nSPS) is 21.0. The number of phenols is 2. The number of hydrogen-bond donors (Lipinski definition) is 4. The molecule has 2 aromatic carbocycles. The molecule has 3 unspecified atom stereocenters. The Morgan fingerprint density at radius 3 is 2.66 bits per heavy atom. The van der Waals surface area contributed by atoms with Crippen LogP contribution in [-0.2, 0) is 26.2 Å². The second-order valence-electron chi connectivity index (χ2n) is 9.78. The zero-order chi connectivity index (χ0) is 25.4. The van der Waals surface area contributed by atoms with Crippen LogP contribution in [-0.4, -0.2) is 45.3 Å². The van der Waals surface area contributed by atoms with Crippen molar-refractivity contribution in [3.63, 3.8) is 0 Å². The van der Waals surface area contributed by atoms with Crippen molar-refractivity contribution in [2.75, 3.05) is 6.61 Å². The molecule has 0 radical (unpaired) electrons. The third-order valence-electron chi connectivity index (χ3n) is 6.62. The molecule has 0 fully saturated rings. The van der Waals surface area contributed by atoms with E-state index in [9.17, 15) is 29.3 Å². The van der Waals surface area contributed by atoms with E-state index in [4.69, 9.17) is 4.74 Å². The van der Waals surface area contributed by atoms with Gasteiger partial charge in [-0.2, -0.15) is 0 Å². The van der Waals surface area contributed by atoms with Gasteiger partial charge < -0.3 is 25.4 Å². The van der Waals surface area contributed by atoms with Gasteiger partial charge in [-0.05, 0) is 41.7 Å². The second kappa shape index (κ2) is 9.19. The van der Waals surface area contributed by atoms with Crippen molar-refractivity contribution in [3.05, 3.63) is 83.4 Å². The summed E-state index contributed by atoms with van der Waals surface area (Å²) in [7, 11) is 0. The lowest BCUT2D eigenvalue weighted by molar-refractivity contribution is -0.144. The number of halogens is 1. The molecule has 0 bridgehead atoms. The number of nitrogens with one attached hydrogen (secondary N) is 1. The Hall–Kier alpha value is -3.65. The molecular weight excluding hydrogens is 453 g/mol. The number of amides is 1. The Kier molecular flexibility index (Phi) is 6.42. The molecule has 2 aliphatic rings. The number of rotatable bonds is 7. The van der Waals surface area contributed by atoms with Gasteiger partial charge >= 0.3 is 0 Å². The first-order valence-electron chi connectivity index (χ1n) is 11.3. The van der Waals surface area contributed by atoms with Gasteiger partial charge in [-0.15, -0.1) is 0 Å². The number of fused-ring (bicyclic) bond motifs is 1. The molecule has 8 heteroatoms. The number of ether oxygens (including phenoxy) is 1. The topological polar surface area (TPSA) is 116 Å². The highest BCUT2D eigenvalue weighted by Gasteiger charge is 2.45. The van der Waals surface area contributed by atoms with Crippen LogP contribution < -0.4 is 5.32 Å². The van der Waals surface area contributed by atoms with Crippen LogP contribution in [0.15, 0.2) is 66.5 Å². The van der Waals surface area contributed by atoms with Crippen LogP contribution >= 0.6 is 0 Å². The first-order valence-corrected chi connectivity index (χ1v) is 11.3. The van der Waals surface area contributed by atoms with Gasteiger partial charge in [-0.25, -0.2) is 4.39 Å². The van der Waals surface area contributed by atoms with E-state index in [0.717, 1.165) is 17.7 Å². The number of Topliss-reactive ketones (excluding diaryl/α,β-unsaturated/α-hetero) is 1. The van der Waals surface area contributed by atoms with Crippen molar-refractivity contribution in [3.8, 4) is 11.5 Å². The van der Waals surface area contributed by atoms with Crippen LogP contribution in [0.2, 0.25) is 0 Å². The van der Waals surface area contributed by atoms with E-state index in [-0.39, 0.29) is 42.3 Å². The first kappa shape index (κ1) is 24.5. The lowest BCUT2D eigenvalue weighted by Crippen LogP contribution is -2.56. The predicted octanol–water partition coefficient (Wildman–Crippen LogP) is 3.03. The molecule has 3 atom stereocenters. The molecule has 1 heterocycles. The maximum Gasteiger partial charge on any atom is 0.253 e. The van der Waals surface area contributed by atoms with Gasteiger partial charge in [-0.1, -0.05) is 44.2 Å². The number of ketones is 1. The molecule has 4 rings (SSSR count). The van der Waals surface area contributed by atoms with E-state index in [1.54, 1.807) is 44.2 Å². The molecule has 0 saturated heterocycles. The minimum Gasteiger partial charge on any atom is -0.508 e. The Labute approximate surface area is 202 Å². The summed E-state index contributed by atoms with van der Waals surface area (Å²) in [6.07, 6.45) is 4.26. The number of carbonyl (C=O) groups is 2. The summed E-state index contributed by atoms with van der Waals surface area (Å²) in [5, 5.41) is 35.0. The van der Waals surface area contributed by atoms with Crippen LogP contribution in [0.3, 0.4) is 0 Å². The monoisotopic (exact) mass is 481 g/mol. The van der Waals surface area contributed by atoms with Gasteiger partial charge in [0.25, 0.3) is 5.91 Å². The van der Waals surface area contributed by atoms with Gasteiger partial charge in [0.2, 0.25) is 0 Å². The Morgan fingerprint density at radius 1 is 1.17 bits per heavy atom. The van der Waals surface area contributed by atoms with Gasteiger partial charge in [0.15, 0.2) is 5.78 Å². The van der Waals surface area contributed by atoms with E-state index < -0.39 is 34.7 Å². The van der Waals surface area contributed by atoms with Crippen LogP contribution in [0.5, 0.6) is 11.5 Å². The standard InChI is InChI=1S/C27H28FNO6/c1-26(2,20-11-18(28)8-10-23(20)31)15-27(34,12-16-5-3-4-6-22(16)30)25(33)29-21-9-7-17-13-35-14-19(17)24(21)32/h3-11,13,19,21,30-31,34H,12,14-15H2,1-2H3,(H,29,33). The number of phenolic OH excluding ortho intramolecular Hbond substituents is 2. The highest BCUT2D eigenvalue weighted by atomic mass is 19.1. The molecule has 1 amide bonds. The zero-order valence-electron chi connectivity index (χ0n) is 19.5. The number of aromatic hydroxyl groups is 2. The Bertz CT molecular complexity index is 1220. The summed E-state index contributed by atoms with van der Waals surface area (Å²) in [4.78, 5) is 26.4. The molecule has 7 nitrogen and oxygen atoms in total. The SMILES string of the molecule is CC(C)(CC(O)(Cc1ccccc1O)C(=O)NC1C=CC2=COCC2C1=O)c1cc(F)ccc1O. The van der Waals surface area contributed by atoms with Gasteiger partial charge in [0, 0.05) is 17.6 Å². The summed E-state index contributed by atoms with van der Waals surface area (Å²) < 4.78 is 19.2. The van der Waals surface area contributed by atoms with Gasteiger partial charge in [-0.3, -0.25) is 9.59 Å². The number of allylic oxidation sites excluding steroid dienone is 1. The minimum absolute atomic E-state index is 0.100. The lowest BCUT2D eigenvalue weighted by atomic mass is 9.72. The third-order valence-corrected chi connectivity index (χ3v) is 6.62. The van der Waals surface area contributed by atoms with Crippen molar-refractivity contribution < 1.29 is 34.0 Å². The quantitative estimate of drug-likeness (QED) is 0.483. The molecule has 184 valence electrons. The fourth-order valence-corrected chi connectivity index (χ4v) is 4.81. The molecule has 1 aliphatic heterocycles. The number of benzene rings is 2. The molecule has 0 spiro atoms. The average molecular weight is 482 g/mol. The maximum absolute atomic E-state index is 14.0. The van der Waals surface area contributed by atoms with E-state index in [0.29, 0.717) is 5.56 Å². The molecule has 35 heavy (non-hydrogen) atoms. The summed E-state index contributed by atoms with van der Waals surface area (Å²) in [5.74, 6) is -2.41. The molecule has 0 aromatic heterocycles. The predicted molar refractivity (Wildman–Crippen MR) is 126 cm³/mol. The molecule has 2 aromatic rings. The third kappa shape index (κ3) is 4.93. The lowest BCUT2D eigenvalue weighted by Gasteiger charge is -2.37. The van der Waals surface area contributed by atoms with Crippen LogP contribution in [0.1, 0.15) is 31.4 Å². The molecule has 4 N–H and O–H groups in total. The van der Waals surface area contributed by atoms with Crippen LogP contribution in [0.25, 0.3) is 0 Å². The highest BCUT2D eigenvalue weighted by molar-refractivity contribution is 5.97. The van der Waals surface area contributed by atoms with E-state index in [1.807, 2.05) is 0 Å². The second-order valence-corrected chi connectivity index (χ2v) is 9.78. The van der Waals surface area contributed by atoms with Crippen molar-refractivity contribution in [1.82, 2.24) is 5.32 Å². The number of para-hydroxylation sites is 1. The van der Waals surface area contributed by atoms with Crippen molar-refractivity contribution in [2.24, 2.45) is 5.92 Å². The molecular formula is C27H28FNO6. The van der Waals surface area contributed by atoms with E-state index in [1.165, 1.54) is 18.4 Å². The zero-order valence-corrected chi connectivity index (χ0v) is 19.5. The summed E-state index contributed by atoms with van der Waals surface area (Å²) >= 11 is 0. The fourth-order valence-electron chi connectivity index (χ4n) is 4.81. The number of aliphatic hydroxyl groups is 1. The minimum atomic E-state index is -2.11. The van der Waals surface area contributed by atoms with E-state index in [2.05, 4.69) is 5.32 Å². The van der Waals surface area contributed by atoms with Crippen molar-refractivity contribution in [1.29, 1.82) is 0 Å². The average Bonchev–Trinajstić information content (AvgIpc) is 3.28. The van der Waals surface area contributed by atoms with Gasteiger partial charge in [0.05, 0.1) is 12.2 Å².